The Bertz CT molecular complexity index is 760. The number of sulfone groups is 1. The van der Waals surface area contributed by atoms with Gasteiger partial charge in [-0.15, -0.1) is 0 Å². The molecule has 1 aromatic rings. The lowest BCUT2D eigenvalue weighted by Crippen LogP contribution is -2.49. The molecule has 8 heteroatoms. The van der Waals surface area contributed by atoms with Gasteiger partial charge in [-0.1, -0.05) is 45.9 Å². The van der Waals surface area contributed by atoms with Crippen LogP contribution in [0.1, 0.15) is 54.4 Å². The van der Waals surface area contributed by atoms with Crippen LogP contribution in [-0.4, -0.2) is 105 Å². The topological polar surface area (TPSA) is 64.2 Å². The van der Waals surface area contributed by atoms with Crippen LogP contribution in [0.25, 0.3) is 0 Å². The lowest BCUT2D eigenvalue weighted by atomic mass is 10.2. The second-order valence-electron chi connectivity index (χ2n) is 8.95. The largest absolute Gasteiger partial charge is 0.325 e. The van der Waals surface area contributed by atoms with Crippen molar-refractivity contribution in [2.75, 3.05) is 64.7 Å². The molecule has 7 nitrogen and oxygen atoms in total. The van der Waals surface area contributed by atoms with E-state index in [4.69, 9.17) is 0 Å². The minimum atomic E-state index is -3.44. The summed E-state index contributed by atoms with van der Waals surface area (Å²) in [7, 11) is -3.44. The molecule has 0 saturated carbocycles. The maximum absolute atomic E-state index is 13.6. The Balaban J connectivity index is 2.90. The van der Waals surface area contributed by atoms with E-state index in [9.17, 15) is 13.2 Å². The smallest absolute Gasteiger partial charge is 0.320 e. The number of hydrogen-bond donors (Lipinski definition) is 0. The van der Waals surface area contributed by atoms with Crippen LogP contribution in [0.3, 0.4) is 0 Å². The fourth-order valence-electron chi connectivity index (χ4n) is 4.07. The molecule has 0 aliphatic heterocycles. The highest BCUT2D eigenvalue weighted by molar-refractivity contribution is 7.91. The molecule has 0 atom stereocenters. The van der Waals surface area contributed by atoms with Gasteiger partial charge in [-0.2, -0.15) is 0 Å². The first kappa shape index (κ1) is 30.4. The number of carbonyl (C=O) groups is 1. The number of amides is 2. The summed E-state index contributed by atoms with van der Waals surface area (Å²) >= 11 is 0. The molecule has 2 amide bonds. The van der Waals surface area contributed by atoms with Gasteiger partial charge in [0.25, 0.3) is 0 Å². The van der Waals surface area contributed by atoms with Crippen molar-refractivity contribution in [3.05, 3.63) is 30.3 Å². The van der Waals surface area contributed by atoms with Crippen molar-refractivity contribution in [2.45, 2.75) is 65.3 Å². The van der Waals surface area contributed by atoms with Crippen LogP contribution < -0.4 is 0 Å². The summed E-state index contributed by atoms with van der Waals surface area (Å²) in [6, 6.07) is 8.35. The third kappa shape index (κ3) is 10.3. The maximum Gasteiger partial charge on any atom is 0.320 e. The molecular weight excluding hydrogens is 448 g/mol. The second-order valence-corrected chi connectivity index (χ2v) is 11.1. The standard InChI is InChI=1S/C26H48N4O3S/c1-7-27(8-2)18-14-20-29(21-15-19-28(9-3)10-4)26(31)30(24(5)6)22-23-34(32,33)25-16-12-11-13-17-25/h11-13,16-17,24H,7-10,14-15,18-23H2,1-6H3. The molecule has 0 aliphatic carbocycles. The molecule has 0 aliphatic rings. The summed E-state index contributed by atoms with van der Waals surface area (Å²) < 4.78 is 25.6. The number of nitrogens with zero attached hydrogens (tertiary/aromatic N) is 4. The van der Waals surface area contributed by atoms with E-state index in [0.29, 0.717) is 18.0 Å². The number of rotatable bonds is 17. The molecular formula is C26H48N4O3S. The van der Waals surface area contributed by atoms with Gasteiger partial charge in [-0.05, 0) is 78.1 Å². The van der Waals surface area contributed by atoms with E-state index in [2.05, 4.69) is 37.5 Å². The Labute approximate surface area is 209 Å². The van der Waals surface area contributed by atoms with Crippen LogP contribution in [0.5, 0.6) is 0 Å². The van der Waals surface area contributed by atoms with E-state index in [0.717, 1.165) is 52.1 Å². The van der Waals surface area contributed by atoms with Crippen LogP contribution >= 0.6 is 0 Å². The van der Waals surface area contributed by atoms with Gasteiger partial charge in [0.15, 0.2) is 9.84 Å². The first-order chi connectivity index (χ1) is 16.2. The number of carbonyl (C=O) groups excluding carboxylic acids is 1. The van der Waals surface area contributed by atoms with Gasteiger partial charge < -0.3 is 19.6 Å². The molecule has 1 aromatic carbocycles. The highest BCUT2D eigenvalue weighted by Crippen LogP contribution is 2.13. The molecule has 1 rings (SSSR count). The minimum Gasteiger partial charge on any atom is -0.325 e. The van der Waals surface area contributed by atoms with Crippen molar-refractivity contribution < 1.29 is 13.2 Å². The molecule has 0 radical (unpaired) electrons. The van der Waals surface area contributed by atoms with Crippen molar-refractivity contribution in [1.29, 1.82) is 0 Å². The summed E-state index contributed by atoms with van der Waals surface area (Å²) in [6.45, 7) is 20.0. The molecule has 0 bridgehead atoms. The van der Waals surface area contributed by atoms with E-state index in [-0.39, 0.29) is 24.4 Å². The van der Waals surface area contributed by atoms with Gasteiger partial charge >= 0.3 is 6.03 Å². The van der Waals surface area contributed by atoms with Gasteiger partial charge in [-0.25, -0.2) is 13.2 Å². The number of urea groups is 1. The predicted octanol–water partition coefficient (Wildman–Crippen LogP) is 4.06. The molecule has 34 heavy (non-hydrogen) atoms. The van der Waals surface area contributed by atoms with Gasteiger partial charge in [0.1, 0.15) is 0 Å². The third-order valence-corrected chi connectivity index (χ3v) is 8.15. The molecule has 0 saturated heterocycles. The minimum absolute atomic E-state index is 0.0580. The van der Waals surface area contributed by atoms with Gasteiger partial charge in [0, 0.05) is 25.7 Å². The summed E-state index contributed by atoms with van der Waals surface area (Å²) in [5.41, 5.74) is 0. The van der Waals surface area contributed by atoms with E-state index in [1.165, 1.54) is 0 Å². The van der Waals surface area contributed by atoms with Crippen molar-refractivity contribution in [1.82, 2.24) is 19.6 Å². The third-order valence-electron chi connectivity index (χ3n) is 6.44. The predicted molar refractivity (Wildman–Crippen MR) is 142 cm³/mol. The first-order valence-electron chi connectivity index (χ1n) is 13.0. The van der Waals surface area contributed by atoms with Gasteiger partial charge in [0.05, 0.1) is 10.6 Å². The van der Waals surface area contributed by atoms with Crippen molar-refractivity contribution in [3.63, 3.8) is 0 Å². The number of hydrogen-bond acceptors (Lipinski definition) is 5. The second kappa shape index (κ2) is 16.1. The van der Waals surface area contributed by atoms with Crippen LogP contribution in [0.2, 0.25) is 0 Å². The normalized spacial score (nSPS) is 12.0. The fourth-order valence-corrected chi connectivity index (χ4v) is 5.32. The lowest BCUT2D eigenvalue weighted by Gasteiger charge is -2.34. The monoisotopic (exact) mass is 496 g/mol. The van der Waals surface area contributed by atoms with Crippen LogP contribution in [0, 0.1) is 0 Å². The Morgan fingerprint density at radius 1 is 0.765 bits per heavy atom. The van der Waals surface area contributed by atoms with Crippen molar-refractivity contribution >= 4 is 15.9 Å². The Kier molecular flexibility index (Phi) is 14.4. The van der Waals surface area contributed by atoms with Crippen LogP contribution in [0.15, 0.2) is 35.2 Å². The Morgan fingerprint density at radius 2 is 1.24 bits per heavy atom. The quantitative estimate of drug-likeness (QED) is 0.325. The van der Waals surface area contributed by atoms with Crippen LogP contribution in [0.4, 0.5) is 4.79 Å². The molecule has 0 unspecified atom stereocenters. The van der Waals surface area contributed by atoms with Crippen molar-refractivity contribution in [2.24, 2.45) is 0 Å². The summed E-state index contributed by atoms with van der Waals surface area (Å²) in [5.74, 6) is -0.0757. The van der Waals surface area contributed by atoms with E-state index < -0.39 is 9.84 Å². The summed E-state index contributed by atoms with van der Waals surface area (Å²) in [4.78, 5) is 22.3. The van der Waals surface area contributed by atoms with Crippen molar-refractivity contribution in [3.8, 4) is 0 Å². The molecule has 0 aromatic heterocycles. The zero-order valence-electron chi connectivity index (χ0n) is 22.4. The Morgan fingerprint density at radius 3 is 1.65 bits per heavy atom. The molecule has 0 spiro atoms. The summed E-state index contributed by atoms with van der Waals surface area (Å²) in [6.07, 6.45) is 1.82. The average molecular weight is 497 g/mol. The fraction of sp³-hybridized carbons (Fsp3) is 0.731. The van der Waals surface area contributed by atoms with E-state index in [1.807, 2.05) is 18.7 Å². The highest BCUT2D eigenvalue weighted by atomic mass is 32.2. The SMILES string of the molecule is CCN(CC)CCCN(CCCN(CC)CC)C(=O)N(CCS(=O)(=O)c1ccccc1)C(C)C. The molecule has 0 fully saturated rings. The van der Waals surface area contributed by atoms with E-state index in [1.54, 1.807) is 35.2 Å². The molecule has 196 valence electrons. The Hall–Kier alpha value is -1.64. The number of benzene rings is 1. The average Bonchev–Trinajstić information content (AvgIpc) is 2.83. The van der Waals surface area contributed by atoms with Gasteiger partial charge in [0.2, 0.25) is 0 Å². The lowest BCUT2D eigenvalue weighted by molar-refractivity contribution is 0.137. The molecule has 0 heterocycles. The van der Waals surface area contributed by atoms with E-state index >= 15 is 0 Å². The molecule has 0 N–H and O–H groups in total. The van der Waals surface area contributed by atoms with Crippen LogP contribution in [-0.2, 0) is 9.84 Å². The highest BCUT2D eigenvalue weighted by Gasteiger charge is 2.25. The summed E-state index contributed by atoms with van der Waals surface area (Å²) in [5, 5.41) is 0. The zero-order chi connectivity index (χ0) is 25.6. The first-order valence-corrected chi connectivity index (χ1v) is 14.6. The maximum atomic E-state index is 13.6. The zero-order valence-corrected chi connectivity index (χ0v) is 23.2. The van der Waals surface area contributed by atoms with Gasteiger partial charge in [-0.3, -0.25) is 0 Å².